The van der Waals surface area contributed by atoms with E-state index in [1.54, 1.807) is 0 Å². The van der Waals surface area contributed by atoms with Crippen LogP contribution in [0.5, 0.6) is 0 Å². The van der Waals surface area contributed by atoms with Crippen LogP contribution in [0.3, 0.4) is 0 Å². The first-order valence-corrected chi connectivity index (χ1v) is 9.48. The van der Waals surface area contributed by atoms with Crippen molar-refractivity contribution in [1.82, 2.24) is 20.1 Å². The molecule has 3 rings (SSSR count). The van der Waals surface area contributed by atoms with Gasteiger partial charge in [-0.05, 0) is 49.2 Å². The van der Waals surface area contributed by atoms with Gasteiger partial charge in [-0.3, -0.25) is 9.88 Å². The summed E-state index contributed by atoms with van der Waals surface area (Å²) in [4.78, 5) is 9.23. The molecule has 0 saturated carbocycles. The molecule has 0 atom stereocenters. The lowest BCUT2D eigenvalue weighted by Gasteiger charge is -2.34. The zero-order valence-electron chi connectivity index (χ0n) is 15.1. The maximum Gasteiger partial charge on any atom is 0.0271 e. The Morgan fingerprint density at radius 3 is 2.28 bits per heavy atom. The van der Waals surface area contributed by atoms with Crippen molar-refractivity contribution < 1.29 is 0 Å². The van der Waals surface area contributed by atoms with Gasteiger partial charge in [0.05, 0.1) is 0 Å². The zero-order valence-corrected chi connectivity index (χ0v) is 15.1. The molecule has 0 aliphatic carbocycles. The van der Waals surface area contributed by atoms with Gasteiger partial charge in [-0.25, -0.2) is 0 Å². The number of aromatic nitrogens is 1. The van der Waals surface area contributed by atoms with E-state index in [2.05, 4.69) is 62.6 Å². The molecular weight excluding hydrogens is 308 g/mol. The summed E-state index contributed by atoms with van der Waals surface area (Å²) >= 11 is 0. The molecule has 2 heterocycles. The molecule has 134 valence electrons. The van der Waals surface area contributed by atoms with Crippen LogP contribution >= 0.6 is 0 Å². The van der Waals surface area contributed by atoms with Crippen LogP contribution in [0, 0.1) is 0 Å². The van der Waals surface area contributed by atoms with Crippen molar-refractivity contribution in [3.8, 4) is 0 Å². The maximum atomic E-state index is 4.05. The first kappa shape index (κ1) is 18.1. The van der Waals surface area contributed by atoms with E-state index in [0.29, 0.717) is 0 Å². The number of unbranched alkanes of at least 4 members (excludes halogenated alkanes) is 1. The van der Waals surface area contributed by atoms with Crippen LogP contribution in [0.25, 0.3) is 0 Å². The van der Waals surface area contributed by atoms with Gasteiger partial charge in [-0.15, -0.1) is 0 Å². The van der Waals surface area contributed by atoms with Gasteiger partial charge in [0.25, 0.3) is 0 Å². The van der Waals surface area contributed by atoms with Crippen molar-refractivity contribution in [2.24, 2.45) is 0 Å². The largest absolute Gasteiger partial charge is 0.313 e. The van der Waals surface area contributed by atoms with E-state index >= 15 is 0 Å². The van der Waals surface area contributed by atoms with E-state index in [9.17, 15) is 0 Å². The minimum atomic E-state index is 0.945. The highest BCUT2D eigenvalue weighted by Gasteiger charge is 2.16. The van der Waals surface area contributed by atoms with Gasteiger partial charge < -0.3 is 10.2 Å². The summed E-state index contributed by atoms with van der Waals surface area (Å²) in [6, 6.07) is 15.0. The molecule has 0 bridgehead atoms. The molecule has 0 amide bonds. The van der Waals surface area contributed by atoms with Crippen molar-refractivity contribution in [3.05, 3.63) is 66.0 Å². The molecular formula is C21H30N4. The van der Waals surface area contributed by atoms with E-state index in [0.717, 1.165) is 19.6 Å². The Bertz CT molecular complexity index is 579. The number of nitrogens with zero attached hydrogens (tertiary/aromatic N) is 3. The van der Waals surface area contributed by atoms with E-state index < -0.39 is 0 Å². The molecule has 2 aromatic rings. The van der Waals surface area contributed by atoms with E-state index in [1.165, 1.54) is 56.7 Å². The number of nitrogens with one attached hydrogen (secondary N) is 1. The summed E-state index contributed by atoms with van der Waals surface area (Å²) in [5, 5.41) is 3.52. The van der Waals surface area contributed by atoms with Crippen LogP contribution in [-0.2, 0) is 13.1 Å². The van der Waals surface area contributed by atoms with Crippen molar-refractivity contribution in [2.45, 2.75) is 25.9 Å². The Morgan fingerprint density at radius 2 is 1.52 bits per heavy atom. The molecule has 1 aromatic heterocycles. The molecule has 4 heteroatoms. The van der Waals surface area contributed by atoms with E-state index in [1.807, 2.05) is 12.4 Å². The van der Waals surface area contributed by atoms with Crippen molar-refractivity contribution in [3.63, 3.8) is 0 Å². The molecule has 1 aromatic carbocycles. The quantitative estimate of drug-likeness (QED) is 0.713. The predicted molar refractivity (Wildman–Crippen MR) is 103 cm³/mol. The Labute approximate surface area is 151 Å². The molecule has 1 fully saturated rings. The van der Waals surface area contributed by atoms with E-state index in [4.69, 9.17) is 0 Å². The number of piperazine rings is 1. The fourth-order valence-electron chi connectivity index (χ4n) is 3.33. The fourth-order valence-corrected chi connectivity index (χ4v) is 3.33. The third-order valence-corrected chi connectivity index (χ3v) is 4.87. The van der Waals surface area contributed by atoms with Gasteiger partial charge in [-0.1, -0.05) is 30.3 Å². The number of hydrogen-bond donors (Lipinski definition) is 1. The molecule has 1 aliphatic rings. The molecule has 1 saturated heterocycles. The zero-order chi connectivity index (χ0) is 17.2. The van der Waals surface area contributed by atoms with Crippen molar-refractivity contribution >= 4 is 0 Å². The molecule has 0 spiro atoms. The third kappa shape index (κ3) is 6.58. The van der Waals surface area contributed by atoms with Crippen LogP contribution in [0.15, 0.2) is 54.9 Å². The Morgan fingerprint density at radius 1 is 0.800 bits per heavy atom. The second-order valence-electron chi connectivity index (χ2n) is 6.84. The SMILES string of the molecule is c1ccc(CN2CCN(CCCCNCc3ccncc3)CC2)cc1. The lowest BCUT2D eigenvalue weighted by Crippen LogP contribution is -2.46. The van der Waals surface area contributed by atoms with Crippen molar-refractivity contribution in [2.75, 3.05) is 39.3 Å². The summed E-state index contributed by atoms with van der Waals surface area (Å²) < 4.78 is 0. The average molecular weight is 338 g/mol. The van der Waals surface area contributed by atoms with Crippen LogP contribution in [0.2, 0.25) is 0 Å². The monoisotopic (exact) mass is 338 g/mol. The lowest BCUT2D eigenvalue weighted by molar-refractivity contribution is 0.125. The maximum absolute atomic E-state index is 4.05. The third-order valence-electron chi connectivity index (χ3n) is 4.87. The van der Waals surface area contributed by atoms with Gasteiger partial charge in [0.2, 0.25) is 0 Å². The fraction of sp³-hybridized carbons (Fsp3) is 0.476. The number of hydrogen-bond acceptors (Lipinski definition) is 4. The molecule has 1 aliphatic heterocycles. The summed E-state index contributed by atoms with van der Waals surface area (Å²) in [7, 11) is 0. The Kier molecular flexibility index (Phi) is 7.43. The van der Waals surface area contributed by atoms with E-state index in [-0.39, 0.29) is 0 Å². The highest BCUT2D eigenvalue weighted by Crippen LogP contribution is 2.09. The molecule has 25 heavy (non-hydrogen) atoms. The standard InChI is InChI=1S/C21H30N4/c1-2-6-21(7-3-1)19-25-16-14-24(15-17-25)13-5-4-10-23-18-20-8-11-22-12-9-20/h1-3,6-9,11-12,23H,4-5,10,13-19H2. The summed E-state index contributed by atoms with van der Waals surface area (Å²) in [5.41, 5.74) is 2.74. The summed E-state index contributed by atoms with van der Waals surface area (Å²) in [5.74, 6) is 0. The Balaban J connectivity index is 1.22. The van der Waals surface area contributed by atoms with Crippen LogP contribution in [0.1, 0.15) is 24.0 Å². The second kappa shape index (κ2) is 10.3. The average Bonchev–Trinajstić information content (AvgIpc) is 2.67. The smallest absolute Gasteiger partial charge is 0.0271 e. The van der Waals surface area contributed by atoms with Crippen LogP contribution < -0.4 is 5.32 Å². The lowest BCUT2D eigenvalue weighted by atomic mass is 10.2. The van der Waals surface area contributed by atoms with Gasteiger partial charge in [0, 0.05) is 51.7 Å². The highest BCUT2D eigenvalue weighted by molar-refractivity contribution is 5.14. The predicted octanol–water partition coefficient (Wildman–Crippen LogP) is 2.77. The van der Waals surface area contributed by atoms with Crippen molar-refractivity contribution in [1.29, 1.82) is 0 Å². The van der Waals surface area contributed by atoms with Gasteiger partial charge in [0.1, 0.15) is 0 Å². The first-order valence-electron chi connectivity index (χ1n) is 9.48. The second-order valence-corrected chi connectivity index (χ2v) is 6.84. The minimum Gasteiger partial charge on any atom is -0.313 e. The number of rotatable bonds is 9. The molecule has 0 radical (unpaired) electrons. The van der Waals surface area contributed by atoms with Crippen LogP contribution in [0.4, 0.5) is 0 Å². The highest BCUT2D eigenvalue weighted by atomic mass is 15.3. The van der Waals surface area contributed by atoms with Gasteiger partial charge in [-0.2, -0.15) is 0 Å². The molecule has 1 N–H and O–H groups in total. The normalized spacial score (nSPS) is 16.2. The Hall–Kier alpha value is -1.75. The topological polar surface area (TPSA) is 31.4 Å². The summed E-state index contributed by atoms with van der Waals surface area (Å²) in [6.07, 6.45) is 6.24. The molecule has 0 unspecified atom stereocenters. The summed E-state index contributed by atoms with van der Waals surface area (Å²) in [6.45, 7) is 9.15. The minimum absolute atomic E-state index is 0.945. The first-order chi connectivity index (χ1) is 12.4. The number of pyridine rings is 1. The van der Waals surface area contributed by atoms with Crippen LogP contribution in [-0.4, -0.2) is 54.1 Å². The number of benzene rings is 1. The molecule has 4 nitrogen and oxygen atoms in total. The van der Waals surface area contributed by atoms with Gasteiger partial charge >= 0.3 is 0 Å². The van der Waals surface area contributed by atoms with Gasteiger partial charge in [0.15, 0.2) is 0 Å².